The van der Waals surface area contributed by atoms with Crippen molar-refractivity contribution in [2.45, 2.75) is 17.5 Å². The predicted molar refractivity (Wildman–Crippen MR) is 124 cm³/mol. The lowest BCUT2D eigenvalue weighted by Crippen LogP contribution is -2.39. The average Bonchev–Trinajstić information content (AvgIpc) is 3.24. The van der Waals surface area contributed by atoms with E-state index in [1.807, 2.05) is 12.1 Å². The van der Waals surface area contributed by atoms with E-state index in [2.05, 4.69) is 0 Å². The van der Waals surface area contributed by atoms with E-state index in [-0.39, 0.29) is 11.9 Å². The molecule has 7 heteroatoms. The first-order valence-electron chi connectivity index (χ1n) is 10.5. The van der Waals surface area contributed by atoms with Gasteiger partial charge < -0.3 is 14.2 Å². The highest BCUT2D eigenvalue weighted by molar-refractivity contribution is 8.00. The maximum atomic E-state index is 12.7. The van der Waals surface area contributed by atoms with Crippen LogP contribution in [0.25, 0.3) is 0 Å². The van der Waals surface area contributed by atoms with Gasteiger partial charge in [-0.2, -0.15) is 0 Å². The molecule has 0 radical (unpaired) electrons. The Bertz CT molecular complexity index is 1090. The van der Waals surface area contributed by atoms with Crippen LogP contribution in [0.4, 0.5) is 0 Å². The summed E-state index contributed by atoms with van der Waals surface area (Å²) in [7, 11) is 0. The van der Waals surface area contributed by atoms with Crippen LogP contribution in [-0.2, 0) is 14.2 Å². The summed E-state index contributed by atoms with van der Waals surface area (Å²) in [4.78, 5) is 37.7. The monoisotopic (exact) mass is 462 g/mol. The van der Waals surface area contributed by atoms with Crippen molar-refractivity contribution in [3.05, 3.63) is 108 Å². The van der Waals surface area contributed by atoms with E-state index >= 15 is 0 Å². The Morgan fingerprint density at radius 1 is 0.667 bits per heavy atom. The number of benzene rings is 3. The van der Waals surface area contributed by atoms with Crippen LogP contribution >= 0.6 is 11.8 Å². The van der Waals surface area contributed by atoms with Crippen LogP contribution in [0.1, 0.15) is 31.1 Å². The Hall–Kier alpha value is -3.58. The maximum absolute atomic E-state index is 12.7. The molecular formula is C26H22O6S. The van der Waals surface area contributed by atoms with Gasteiger partial charge in [0.25, 0.3) is 0 Å². The summed E-state index contributed by atoms with van der Waals surface area (Å²) in [5.74, 6) is -1.07. The van der Waals surface area contributed by atoms with E-state index in [0.29, 0.717) is 22.4 Å². The van der Waals surface area contributed by atoms with Crippen LogP contribution in [-0.4, -0.2) is 47.7 Å². The summed E-state index contributed by atoms with van der Waals surface area (Å²) in [5, 5.41) is -0.376. The molecule has 1 aliphatic rings. The largest absolute Gasteiger partial charge is 0.461 e. The minimum atomic E-state index is -0.765. The fourth-order valence-corrected chi connectivity index (χ4v) is 4.68. The first kappa shape index (κ1) is 22.6. The molecule has 0 amide bonds. The molecule has 0 saturated carbocycles. The van der Waals surface area contributed by atoms with Crippen LogP contribution in [0.5, 0.6) is 0 Å². The highest BCUT2D eigenvalue weighted by Crippen LogP contribution is 2.33. The van der Waals surface area contributed by atoms with Crippen molar-refractivity contribution in [1.82, 2.24) is 0 Å². The van der Waals surface area contributed by atoms with E-state index in [1.54, 1.807) is 78.9 Å². The van der Waals surface area contributed by atoms with Gasteiger partial charge in [0.05, 0.1) is 21.9 Å². The summed E-state index contributed by atoms with van der Waals surface area (Å²) >= 11 is 1.44. The minimum Gasteiger partial charge on any atom is -0.461 e. The zero-order valence-corrected chi connectivity index (χ0v) is 18.5. The highest BCUT2D eigenvalue weighted by Gasteiger charge is 2.43. The van der Waals surface area contributed by atoms with Gasteiger partial charge in [0.15, 0.2) is 6.10 Å². The lowest BCUT2D eigenvalue weighted by molar-refractivity contribution is -0.0295. The molecule has 0 unspecified atom stereocenters. The molecular weight excluding hydrogens is 440 g/mol. The van der Waals surface area contributed by atoms with Crippen LogP contribution in [0, 0.1) is 0 Å². The lowest BCUT2D eigenvalue weighted by atomic mass is 10.1. The van der Waals surface area contributed by atoms with Gasteiger partial charge in [-0.1, -0.05) is 54.6 Å². The van der Waals surface area contributed by atoms with Gasteiger partial charge in [-0.3, -0.25) is 0 Å². The lowest BCUT2D eigenvalue weighted by Gasteiger charge is -2.24. The molecule has 33 heavy (non-hydrogen) atoms. The van der Waals surface area contributed by atoms with Gasteiger partial charge in [-0.05, 0) is 36.4 Å². The van der Waals surface area contributed by atoms with Crippen LogP contribution in [0.2, 0.25) is 0 Å². The van der Waals surface area contributed by atoms with Gasteiger partial charge in [-0.15, -0.1) is 11.8 Å². The van der Waals surface area contributed by atoms with Crippen molar-refractivity contribution >= 4 is 29.7 Å². The first-order chi connectivity index (χ1) is 16.1. The number of esters is 3. The molecule has 3 atom stereocenters. The Balaban J connectivity index is 1.46. The van der Waals surface area contributed by atoms with Crippen molar-refractivity contribution in [1.29, 1.82) is 0 Å². The number of hydrogen-bond acceptors (Lipinski definition) is 7. The molecule has 0 aliphatic carbocycles. The Morgan fingerprint density at radius 2 is 1.12 bits per heavy atom. The normalized spacial score (nSPS) is 19.5. The third-order valence-electron chi connectivity index (χ3n) is 5.12. The van der Waals surface area contributed by atoms with Gasteiger partial charge in [0.1, 0.15) is 12.7 Å². The highest BCUT2D eigenvalue weighted by atomic mass is 32.2. The molecule has 1 saturated heterocycles. The first-order valence-corrected chi connectivity index (χ1v) is 11.5. The van der Waals surface area contributed by atoms with E-state index in [4.69, 9.17) is 14.2 Å². The fraction of sp³-hybridized carbons (Fsp3) is 0.192. The SMILES string of the molecule is O=C(OC[C@@H]1SC[C@@H](OC(=O)c2ccccc2)[C@H]1OC(=O)c1ccccc1)c1ccccc1. The number of carbonyl (C=O) groups is 3. The van der Waals surface area contributed by atoms with E-state index in [0.717, 1.165) is 0 Å². The van der Waals surface area contributed by atoms with Crippen molar-refractivity contribution < 1.29 is 28.6 Å². The third kappa shape index (κ3) is 5.81. The molecule has 1 aliphatic heterocycles. The van der Waals surface area contributed by atoms with Crippen molar-refractivity contribution in [3.8, 4) is 0 Å². The number of hydrogen-bond donors (Lipinski definition) is 0. The maximum Gasteiger partial charge on any atom is 0.338 e. The minimum absolute atomic E-state index is 0.0184. The molecule has 6 nitrogen and oxygen atoms in total. The predicted octanol–water partition coefficient (Wildman–Crippen LogP) is 4.41. The molecule has 0 aromatic heterocycles. The number of ether oxygens (including phenoxy) is 3. The molecule has 0 spiro atoms. The van der Waals surface area contributed by atoms with Crippen molar-refractivity contribution in [2.75, 3.05) is 12.4 Å². The fourth-order valence-electron chi connectivity index (χ4n) is 3.40. The molecule has 4 rings (SSSR count). The number of thioether (sulfide) groups is 1. The molecule has 1 heterocycles. The van der Waals surface area contributed by atoms with E-state index < -0.39 is 30.1 Å². The molecule has 1 fully saturated rings. The summed E-state index contributed by atoms with van der Waals surface area (Å²) < 4.78 is 16.9. The van der Waals surface area contributed by atoms with E-state index in [9.17, 15) is 14.4 Å². The molecule has 3 aromatic carbocycles. The molecule has 3 aromatic rings. The van der Waals surface area contributed by atoms with Crippen molar-refractivity contribution in [2.24, 2.45) is 0 Å². The summed E-state index contributed by atoms with van der Waals surface area (Å²) in [5.41, 5.74) is 1.24. The summed E-state index contributed by atoms with van der Waals surface area (Å²) in [6, 6.07) is 25.9. The van der Waals surface area contributed by atoms with E-state index in [1.165, 1.54) is 11.8 Å². The number of rotatable bonds is 7. The Kier molecular flexibility index (Phi) is 7.42. The van der Waals surface area contributed by atoms with Crippen LogP contribution in [0.3, 0.4) is 0 Å². The number of carbonyl (C=O) groups excluding carboxylic acids is 3. The third-order valence-corrected chi connectivity index (χ3v) is 6.47. The second kappa shape index (κ2) is 10.8. The molecule has 168 valence electrons. The Labute approximate surface area is 195 Å². The quantitative estimate of drug-likeness (QED) is 0.380. The van der Waals surface area contributed by atoms with Gasteiger partial charge in [-0.25, -0.2) is 14.4 Å². The second-order valence-corrected chi connectivity index (χ2v) is 8.65. The summed E-state index contributed by atoms with van der Waals surface area (Å²) in [6.07, 6.45) is -1.44. The smallest absolute Gasteiger partial charge is 0.338 e. The topological polar surface area (TPSA) is 78.9 Å². The zero-order chi connectivity index (χ0) is 23.0. The average molecular weight is 463 g/mol. The van der Waals surface area contributed by atoms with Crippen LogP contribution in [0.15, 0.2) is 91.0 Å². The zero-order valence-electron chi connectivity index (χ0n) is 17.7. The van der Waals surface area contributed by atoms with Crippen LogP contribution < -0.4 is 0 Å². The Morgan fingerprint density at radius 3 is 1.64 bits per heavy atom. The van der Waals surface area contributed by atoms with Gasteiger partial charge in [0.2, 0.25) is 0 Å². The standard InChI is InChI=1S/C26H22O6S/c27-24(18-10-4-1-5-11-18)30-16-22-23(32-26(29)20-14-8-3-9-15-20)21(17-33-22)31-25(28)19-12-6-2-7-13-19/h1-15,21-23H,16-17H2/t21-,22+,23-/m1/s1. The van der Waals surface area contributed by atoms with Gasteiger partial charge in [0, 0.05) is 5.75 Å². The van der Waals surface area contributed by atoms with Gasteiger partial charge >= 0.3 is 17.9 Å². The summed E-state index contributed by atoms with van der Waals surface area (Å²) in [6.45, 7) is 0.0184. The second-order valence-electron chi connectivity index (χ2n) is 7.38. The molecule has 0 N–H and O–H groups in total. The molecule has 0 bridgehead atoms. The van der Waals surface area contributed by atoms with Crippen molar-refractivity contribution in [3.63, 3.8) is 0 Å².